The number of para-hydroxylation sites is 1. The van der Waals surface area contributed by atoms with Gasteiger partial charge in [0.1, 0.15) is 5.60 Å². The highest BCUT2D eigenvalue weighted by molar-refractivity contribution is 5.81. The van der Waals surface area contributed by atoms with Crippen LogP contribution in [0.1, 0.15) is 29.5 Å². The fraction of sp³-hybridized carbons (Fsp3) is 0.345. The van der Waals surface area contributed by atoms with Gasteiger partial charge in [0.15, 0.2) is 11.5 Å². The molecule has 0 aromatic heterocycles. The van der Waals surface area contributed by atoms with Crippen LogP contribution in [0.4, 0.5) is 13.2 Å². The van der Waals surface area contributed by atoms with Gasteiger partial charge in [-0.1, -0.05) is 72.8 Å². The van der Waals surface area contributed by atoms with Gasteiger partial charge < -0.3 is 24.6 Å². The Kier molecular flexibility index (Phi) is 10.2. The summed E-state index contributed by atoms with van der Waals surface area (Å²) in [6, 6.07) is 24.7. The maximum Gasteiger partial charge on any atom is 0.471 e. The molecule has 0 bridgehead atoms. The van der Waals surface area contributed by atoms with Gasteiger partial charge in [-0.25, -0.2) is 0 Å². The Hall–Kier alpha value is -3.56. The third-order valence-corrected chi connectivity index (χ3v) is 6.27. The van der Waals surface area contributed by atoms with Crippen molar-refractivity contribution in [3.63, 3.8) is 0 Å². The zero-order valence-corrected chi connectivity index (χ0v) is 21.3. The van der Waals surface area contributed by atoms with Crippen LogP contribution in [-0.2, 0) is 15.1 Å². The van der Waals surface area contributed by atoms with Crippen molar-refractivity contribution >= 4 is 5.91 Å². The van der Waals surface area contributed by atoms with E-state index in [1.54, 1.807) is 20.3 Å². The number of rotatable bonds is 13. The zero-order chi connectivity index (χ0) is 27.6. The molecule has 1 atom stereocenters. The molecule has 0 aliphatic carbocycles. The molecule has 1 amide bonds. The molecule has 0 fully saturated rings. The molecule has 0 spiro atoms. The highest BCUT2D eigenvalue weighted by Crippen LogP contribution is 2.47. The number of hydrogen-bond donors (Lipinski definition) is 2. The van der Waals surface area contributed by atoms with Crippen molar-refractivity contribution in [2.75, 3.05) is 34.0 Å². The van der Waals surface area contributed by atoms with Gasteiger partial charge in [-0.3, -0.25) is 4.79 Å². The fourth-order valence-electron chi connectivity index (χ4n) is 4.40. The predicted octanol–water partition coefficient (Wildman–Crippen LogP) is 5.08. The molecule has 38 heavy (non-hydrogen) atoms. The summed E-state index contributed by atoms with van der Waals surface area (Å²) in [5.74, 6) is -1.38. The van der Waals surface area contributed by atoms with Crippen LogP contribution in [-0.4, -0.2) is 51.2 Å². The summed E-state index contributed by atoms with van der Waals surface area (Å²) in [6.07, 6.45) is -4.35. The molecular weight excluding hydrogens is 499 g/mol. The minimum Gasteiger partial charge on any atom is -0.493 e. The molecule has 204 valence electrons. The highest BCUT2D eigenvalue weighted by atomic mass is 19.4. The minimum atomic E-state index is -4.93. The van der Waals surface area contributed by atoms with Crippen LogP contribution in [0.2, 0.25) is 0 Å². The molecule has 3 rings (SSSR count). The molecule has 3 aromatic carbocycles. The average molecular weight is 532 g/mol. The molecular formula is C29H32F3NO5. The zero-order valence-electron chi connectivity index (χ0n) is 21.3. The topological polar surface area (TPSA) is 77.0 Å². The SMILES string of the molecule is COc1cccc(C(OCC(CO)CCCNC(=O)C(F)(F)F)(c2ccccc2)c2ccccc2)c1OC. The molecule has 6 nitrogen and oxygen atoms in total. The van der Waals surface area contributed by atoms with Crippen LogP contribution < -0.4 is 14.8 Å². The van der Waals surface area contributed by atoms with Crippen molar-refractivity contribution in [1.82, 2.24) is 5.32 Å². The molecule has 0 saturated carbocycles. The van der Waals surface area contributed by atoms with Crippen molar-refractivity contribution in [2.45, 2.75) is 24.6 Å². The smallest absolute Gasteiger partial charge is 0.471 e. The van der Waals surface area contributed by atoms with E-state index in [-0.39, 0.29) is 26.2 Å². The lowest BCUT2D eigenvalue weighted by atomic mass is 9.79. The van der Waals surface area contributed by atoms with E-state index in [0.717, 1.165) is 11.1 Å². The van der Waals surface area contributed by atoms with Crippen molar-refractivity contribution < 1.29 is 37.3 Å². The standard InChI is InChI=1S/C29H32F3NO5/c1-36-25-17-9-16-24(26(25)37-2)28(22-12-5-3-6-13-22,23-14-7-4-8-15-23)38-20-21(19-34)11-10-18-33-27(35)29(30,31)32/h3-9,12-17,21,34H,10-11,18-20H2,1-2H3,(H,33,35). The van der Waals surface area contributed by atoms with Crippen molar-refractivity contribution in [3.8, 4) is 11.5 Å². The van der Waals surface area contributed by atoms with E-state index in [1.807, 2.05) is 78.1 Å². The Morgan fingerprint density at radius 3 is 2.00 bits per heavy atom. The second-order valence-electron chi connectivity index (χ2n) is 8.71. The number of carbonyl (C=O) groups is 1. The number of aliphatic hydroxyl groups excluding tert-OH is 1. The van der Waals surface area contributed by atoms with Crippen molar-refractivity contribution in [3.05, 3.63) is 95.6 Å². The van der Waals surface area contributed by atoms with E-state index in [4.69, 9.17) is 14.2 Å². The molecule has 9 heteroatoms. The van der Waals surface area contributed by atoms with Crippen LogP contribution in [0.5, 0.6) is 11.5 Å². The monoisotopic (exact) mass is 531 g/mol. The van der Waals surface area contributed by atoms with E-state index in [0.29, 0.717) is 23.5 Å². The average Bonchev–Trinajstić information content (AvgIpc) is 2.94. The Labute approximate surface area is 220 Å². The third kappa shape index (κ3) is 6.65. The second-order valence-corrected chi connectivity index (χ2v) is 8.71. The van der Waals surface area contributed by atoms with Crippen LogP contribution in [0, 0.1) is 5.92 Å². The summed E-state index contributed by atoms with van der Waals surface area (Å²) >= 11 is 0. The summed E-state index contributed by atoms with van der Waals surface area (Å²) in [5, 5.41) is 11.9. The van der Waals surface area contributed by atoms with Gasteiger partial charge in [0, 0.05) is 24.6 Å². The number of nitrogens with one attached hydrogen (secondary N) is 1. The van der Waals surface area contributed by atoms with Crippen LogP contribution in [0.25, 0.3) is 0 Å². The number of aliphatic hydroxyl groups is 1. The fourth-order valence-corrected chi connectivity index (χ4v) is 4.40. The number of hydrogen-bond acceptors (Lipinski definition) is 5. The Morgan fingerprint density at radius 1 is 0.895 bits per heavy atom. The number of methoxy groups -OCH3 is 2. The van der Waals surface area contributed by atoms with Gasteiger partial charge in [-0.15, -0.1) is 0 Å². The first kappa shape index (κ1) is 29.0. The summed E-state index contributed by atoms with van der Waals surface area (Å²) in [6.45, 7) is -0.336. The molecule has 0 radical (unpaired) electrons. The van der Waals surface area contributed by atoms with Gasteiger partial charge in [-0.05, 0) is 30.0 Å². The maximum absolute atomic E-state index is 12.5. The van der Waals surface area contributed by atoms with Gasteiger partial charge in [0.05, 0.1) is 20.8 Å². The first-order chi connectivity index (χ1) is 18.3. The van der Waals surface area contributed by atoms with E-state index in [2.05, 4.69) is 0 Å². The Bertz CT molecular complexity index is 1120. The van der Waals surface area contributed by atoms with E-state index in [1.165, 1.54) is 0 Å². The molecule has 0 aliphatic rings. The van der Waals surface area contributed by atoms with Gasteiger partial charge >= 0.3 is 12.1 Å². The van der Waals surface area contributed by atoms with Gasteiger partial charge in [0.25, 0.3) is 0 Å². The lowest BCUT2D eigenvalue weighted by Crippen LogP contribution is -2.37. The van der Waals surface area contributed by atoms with Crippen LogP contribution in [0.3, 0.4) is 0 Å². The first-order valence-corrected chi connectivity index (χ1v) is 12.2. The lowest BCUT2D eigenvalue weighted by Gasteiger charge is -2.38. The minimum absolute atomic E-state index is 0.0773. The summed E-state index contributed by atoms with van der Waals surface area (Å²) in [5.41, 5.74) is 1.14. The van der Waals surface area contributed by atoms with Crippen molar-refractivity contribution in [2.24, 2.45) is 5.92 Å². The lowest BCUT2D eigenvalue weighted by molar-refractivity contribution is -0.173. The van der Waals surface area contributed by atoms with Crippen molar-refractivity contribution in [1.29, 1.82) is 0 Å². The summed E-state index contributed by atoms with van der Waals surface area (Å²) in [7, 11) is 3.10. The Morgan fingerprint density at radius 2 is 1.50 bits per heavy atom. The number of halogens is 3. The normalized spacial score (nSPS) is 12.6. The maximum atomic E-state index is 12.5. The van der Waals surface area contributed by atoms with E-state index < -0.39 is 23.6 Å². The number of alkyl halides is 3. The molecule has 0 heterocycles. The summed E-state index contributed by atoms with van der Waals surface area (Å²) < 4.78 is 55.5. The van der Waals surface area contributed by atoms with Crippen LogP contribution >= 0.6 is 0 Å². The molecule has 2 N–H and O–H groups in total. The molecule has 0 aliphatic heterocycles. The second kappa shape index (κ2) is 13.3. The Balaban J connectivity index is 1.98. The first-order valence-electron chi connectivity index (χ1n) is 12.2. The number of benzene rings is 3. The summed E-state index contributed by atoms with van der Waals surface area (Å²) in [4.78, 5) is 11.1. The number of amides is 1. The number of carbonyl (C=O) groups excluding carboxylic acids is 1. The predicted molar refractivity (Wildman–Crippen MR) is 137 cm³/mol. The molecule has 0 saturated heterocycles. The molecule has 1 unspecified atom stereocenters. The molecule has 3 aromatic rings. The highest BCUT2D eigenvalue weighted by Gasteiger charge is 2.41. The van der Waals surface area contributed by atoms with Crippen LogP contribution in [0.15, 0.2) is 78.9 Å². The third-order valence-electron chi connectivity index (χ3n) is 6.27. The number of ether oxygens (including phenoxy) is 3. The van der Waals surface area contributed by atoms with E-state index in [9.17, 15) is 23.1 Å². The quantitative estimate of drug-likeness (QED) is 0.238. The van der Waals surface area contributed by atoms with E-state index >= 15 is 0 Å². The van der Waals surface area contributed by atoms with Gasteiger partial charge in [0.2, 0.25) is 0 Å². The van der Waals surface area contributed by atoms with Gasteiger partial charge in [-0.2, -0.15) is 13.2 Å². The largest absolute Gasteiger partial charge is 0.493 e.